The Balaban J connectivity index is 0.00000225. The van der Waals surface area contributed by atoms with Crippen LogP contribution in [0.5, 0.6) is 0 Å². The SMILES string of the molecule is CN=C(NCCSc1ccccc1)NCc1nnc2ccccn12.I. The van der Waals surface area contributed by atoms with Crippen LogP contribution in [0.25, 0.3) is 5.65 Å². The van der Waals surface area contributed by atoms with Gasteiger partial charge in [0.15, 0.2) is 17.4 Å². The van der Waals surface area contributed by atoms with E-state index in [1.165, 1.54) is 4.90 Å². The van der Waals surface area contributed by atoms with Crippen molar-refractivity contribution in [2.45, 2.75) is 11.4 Å². The summed E-state index contributed by atoms with van der Waals surface area (Å²) in [5, 5.41) is 14.9. The number of halogens is 1. The van der Waals surface area contributed by atoms with E-state index in [4.69, 9.17) is 0 Å². The minimum absolute atomic E-state index is 0. The number of aromatic nitrogens is 3. The van der Waals surface area contributed by atoms with Gasteiger partial charge in [0.25, 0.3) is 0 Å². The molecule has 3 aromatic rings. The van der Waals surface area contributed by atoms with Gasteiger partial charge in [0, 0.05) is 30.4 Å². The summed E-state index contributed by atoms with van der Waals surface area (Å²) < 4.78 is 1.96. The fourth-order valence-electron chi connectivity index (χ4n) is 2.25. The Kier molecular flexibility index (Phi) is 7.99. The molecule has 6 nitrogen and oxygen atoms in total. The molecule has 2 heterocycles. The largest absolute Gasteiger partial charge is 0.356 e. The Bertz CT molecular complexity index is 805. The quantitative estimate of drug-likeness (QED) is 0.192. The highest BCUT2D eigenvalue weighted by Gasteiger charge is 2.05. The average molecular weight is 468 g/mol. The zero-order valence-corrected chi connectivity index (χ0v) is 17.1. The predicted octanol–water partition coefficient (Wildman–Crippen LogP) is 2.80. The van der Waals surface area contributed by atoms with Crippen molar-refractivity contribution in [3.05, 3.63) is 60.6 Å². The molecule has 0 fully saturated rings. The first-order chi connectivity index (χ1) is 11.9. The molecule has 0 aliphatic carbocycles. The van der Waals surface area contributed by atoms with Gasteiger partial charge >= 0.3 is 0 Å². The van der Waals surface area contributed by atoms with E-state index in [1.54, 1.807) is 7.05 Å². The maximum absolute atomic E-state index is 4.24. The van der Waals surface area contributed by atoms with Gasteiger partial charge in [-0.15, -0.1) is 45.9 Å². The van der Waals surface area contributed by atoms with Crippen molar-refractivity contribution >= 4 is 47.3 Å². The van der Waals surface area contributed by atoms with Crippen LogP contribution in [0.4, 0.5) is 0 Å². The van der Waals surface area contributed by atoms with E-state index in [0.717, 1.165) is 29.7 Å². The van der Waals surface area contributed by atoms with Crippen LogP contribution in [0.1, 0.15) is 5.82 Å². The highest BCUT2D eigenvalue weighted by Crippen LogP contribution is 2.15. The number of guanidine groups is 1. The second-order valence-electron chi connectivity index (χ2n) is 5.06. The second-order valence-corrected chi connectivity index (χ2v) is 6.23. The van der Waals surface area contributed by atoms with Crippen LogP contribution >= 0.6 is 35.7 Å². The number of pyridine rings is 1. The summed E-state index contributed by atoms with van der Waals surface area (Å²) in [5.74, 6) is 2.59. The summed E-state index contributed by atoms with van der Waals surface area (Å²) in [6.45, 7) is 1.40. The monoisotopic (exact) mass is 468 g/mol. The Morgan fingerprint density at radius 1 is 1.08 bits per heavy atom. The Morgan fingerprint density at radius 2 is 1.88 bits per heavy atom. The van der Waals surface area contributed by atoms with Crippen LogP contribution in [0.3, 0.4) is 0 Å². The van der Waals surface area contributed by atoms with Gasteiger partial charge in [-0.1, -0.05) is 24.3 Å². The summed E-state index contributed by atoms with van der Waals surface area (Å²) >= 11 is 1.82. The number of rotatable bonds is 6. The lowest BCUT2D eigenvalue weighted by Crippen LogP contribution is -2.38. The fourth-order valence-corrected chi connectivity index (χ4v) is 3.04. The van der Waals surface area contributed by atoms with Crippen LogP contribution in [-0.2, 0) is 6.54 Å². The molecule has 2 N–H and O–H groups in total. The van der Waals surface area contributed by atoms with Crippen molar-refractivity contribution in [3.8, 4) is 0 Å². The minimum Gasteiger partial charge on any atom is -0.356 e. The third-order valence-electron chi connectivity index (χ3n) is 3.43. The predicted molar refractivity (Wildman–Crippen MR) is 114 cm³/mol. The smallest absolute Gasteiger partial charge is 0.191 e. The first kappa shape index (κ1) is 19.5. The molecule has 0 unspecified atom stereocenters. The third-order valence-corrected chi connectivity index (χ3v) is 4.44. The summed E-state index contributed by atoms with van der Waals surface area (Å²) in [5.41, 5.74) is 0.844. The zero-order chi connectivity index (χ0) is 16.6. The number of hydrogen-bond acceptors (Lipinski definition) is 4. The molecular weight excluding hydrogens is 447 g/mol. The van der Waals surface area contributed by atoms with E-state index in [0.29, 0.717) is 6.54 Å². The van der Waals surface area contributed by atoms with Crippen molar-refractivity contribution in [2.24, 2.45) is 4.99 Å². The molecule has 0 spiro atoms. The van der Waals surface area contributed by atoms with Crippen molar-refractivity contribution in [3.63, 3.8) is 0 Å². The molecule has 0 aliphatic heterocycles. The van der Waals surface area contributed by atoms with E-state index in [1.807, 2.05) is 46.6 Å². The lowest BCUT2D eigenvalue weighted by Gasteiger charge is -2.11. The van der Waals surface area contributed by atoms with E-state index in [9.17, 15) is 0 Å². The number of nitrogens with zero attached hydrogens (tertiary/aromatic N) is 4. The lowest BCUT2D eigenvalue weighted by atomic mass is 10.4. The van der Waals surface area contributed by atoms with Gasteiger partial charge in [-0.25, -0.2) is 0 Å². The molecule has 8 heteroatoms. The maximum Gasteiger partial charge on any atom is 0.191 e. The average Bonchev–Trinajstić information content (AvgIpc) is 3.05. The molecule has 132 valence electrons. The van der Waals surface area contributed by atoms with Gasteiger partial charge in [-0.05, 0) is 24.3 Å². The summed E-state index contributed by atoms with van der Waals surface area (Å²) in [7, 11) is 1.77. The molecule has 0 bridgehead atoms. The minimum atomic E-state index is 0. The van der Waals surface area contributed by atoms with Crippen LogP contribution in [0.15, 0.2) is 64.6 Å². The number of hydrogen-bond donors (Lipinski definition) is 2. The lowest BCUT2D eigenvalue weighted by molar-refractivity contribution is 0.773. The molecule has 0 atom stereocenters. The van der Waals surface area contributed by atoms with Crippen molar-refractivity contribution < 1.29 is 0 Å². The topological polar surface area (TPSA) is 66.6 Å². The van der Waals surface area contributed by atoms with Crippen molar-refractivity contribution in [1.29, 1.82) is 0 Å². The molecule has 0 saturated carbocycles. The van der Waals surface area contributed by atoms with E-state index >= 15 is 0 Å². The van der Waals surface area contributed by atoms with Gasteiger partial charge in [0.05, 0.1) is 6.54 Å². The summed E-state index contributed by atoms with van der Waals surface area (Å²) in [4.78, 5) is 5.51. The van der Waals surface area contributed by atoms with Crippen LogP contribution in [0.2, 0.25) is 0 Å². The van der Waals surface area contributed by atoms with Gasteiger partial charge < -0.3 is 10.6 Å². The van der Waals surface area contributed by atoms with Gasteiger partial charge in [-0.2, -0.15) is 0 Å². The number of benzene rings is 1. The molecule has 0 amide bonds. The van der Waals surface area contributed by atoms with Crippen molar-refractivity contribution in [2.75, 3.05) is 19.3 Å². The molecule has 0 saturated heterocycles. The molecule has 0 aliphatic rings. The first-order valence-corrected chi connectivity index (χ1v) is 8.76. The Labute approximate surface area is 168 Å². The maximum atomic E-state index is 4.24. The zero-order valence-electron chi connectivity index (χ0n) is 13.9. The standard InChI is InChI=1S/C17H20N6S.HI/c1-18-17(19-10-12-24-14-7-3-2-4-8-14)20-13-16-22-21-15-9-5-6-11-23(15)16;/h2-9,11H,10,12-13H2,1H3,(H2,18,19,20);1H. The number of fused-ring (bicyclic) bond motifs is 1. The molecule has 0 radical (unpaired) electrons. The van der Waals surface area contributed by atoms with E-state index in [2.05, 4.69) is 50.1 Å². The first-order valence-electron chi connectivity index (χ1n) is 7.78. The molecule has 25 heavy (non-hydrogen) atoms. The highest BCUT2D eigenvalue weighted by atomic mass is 127. The van der Waals surface area contributed by atoms with E-state index < -0.39 is 0 Å². The van der Waals surface area contributed by atoms with Crippen LogP contribution < -0.4 is 10.6 Å². The number of nitrogens with one attached hydrogen (secondary N) is 2. The van der Waals surface area contributed by atoms with E-state index in [-0.39, 0.29) is 24.0 Å². The Morgan fingerprint density at radius 3 is 2.68 bits per heavy atom. The number of thioether (sulfide) groups is 1. The highest BCUT2D eigenvalue weighted by molar-refractivity contribution is 14.0. The molecule has 1 aromatic carbocycles. The Hall–Kier alpha value is -1.81. The normalized spacial score (nSPS) is 11.2. The number of aliphatic imine (C=N–C) groups is 1. The fraction of sp³-hybridized carbons (Fsp3) is 0.235. The second kappa shape index (κ2) is 10.2. The van der Waals surface area contributed by atoms with Gasteiger partial charge in [0.1, 0.15) is 0 Å². The molecular formula is C17H21IN6S. The van der Waals surface area contributed by atoms with Gasteiger partial charge in [0.2, 0.25) is 0 Å². The summed E-state index contributed by atoms with van der Waals surface area (Å²) in [6.07, 6.45) is 1.96. The third kappa shape index (κ3) is 5.60. The summed E-state index contributed by atoms with van der Waals surface area (Å²) in [6, 6.07) is 16.2. The van der Waals surface area contributed by atoms with Crippen LogP contribution in [-0.4, -0.2) is 39.9 Å². The van der Waals surface area contributed by atoms with Crippen LogP contribution in [0, 0.1) is 0 Å². The van der Waals surface area contributed by atoms with Gasteiger partial charge in [-0.3, -0.25) is 9.39 Å². The molecule has 2 aromatic heterocycles. The van der Waals surface area contributed by atoms with Crippen molar-refractivity contribution in [1.82, 2.24) is 25.2 Å². The molecule has 3 rings (SSSR count).